The molecule has 0 heterocycles. The molecule has 0 N–H and O–H groups in total. The Morgan fingerprint density at radius 2 is 1.24 bits per heavy atom. The molecule has 3 unspecified atom stereocenters. The Morgan fingerprint density at radius 3 is 1.90 bits per heavy atom. The molecule has 21 heavy (non-hydrogen) atoms. The van der Waals surface area contributed by atoms with E-state index < -0.39 is 0 Å². The summed E-state index contributed by atoms with van der Waals surface area (Å²) in [6, 6.07) is 0. The molecular weight excluding hydrogens is 252 g/mol. The molecule has 3 atom stereocenters. The molecule has 0 bridgehead atoms. The van der Waals surface area contributed by atoms with E-state index in [0.717, 1.165) is 29.6 Å². The second-order valence-electron chi connectivity index (χ2n) is 8.31. The van der Waals surface area contributed by atoms with E-state index in [0.29, 0.717) is 0 Å². The van der Waals surface area contributed by atoms with Crippen LogP contribution >= 0.6 is 0 Å². The standard InChI is InChI=1S/C21H40/c1-4-18-13-15-21(16-14-18)20-10-7-6-9-17(3)19(5-2)11-8-12-20/h17-21H,4-16H2,1-3H3. The molecule has 2 aliphatic carbocycles. The highest BCUT2D eigenvalue weighted by molar-refractivity contribution is 4.79. The molecule has 0 aromatic heterocycles. The molecular formula is C21H40. The van der Waals surface area contributed by atoms with Gasteiger partial charge in [0.15, 0.2) is 0 Å². The fourth-order valence-corrected chi connectivity index (χ4v) is 5.33. The van der Waals surface area contributed by atoms with Gasteiger partial charge in [0.2, 0.25) is 0 Å². The van der Waals surface area contributed by atoms with Gasteiger partial charge in [-0.1, -0.05) is 91.4 Å². The largest absolute Gasteiger partial charge is 0.0651 e. The van der Waals surface area contributed by atoms with Crippen LogP contribution in [0.5, 0.6) is 0 Å². The molecule has 2 saturated carbocycles. The quantitative estimate of drug-likeness (QED) is 0.515. The second-order valence-corrected chi connectivity index (χ2v) is 8.31. The maximum atomic E-state index is 2.51. The lowest BCUT2D eigenvalue weighted by Crippen LogP contribution is -2.23. The molecule has 0 aromatic carbocycles. The average molecular weight is 293 g/mol. The zero-order chi connectivity index (χ0) is 15.1. The fraction of sp³-hybridized carbons (Fsp3) is 1.00. The zero-order valence-electron chi connectivity index (χ0n) is 15.1. The topological polar surface area (TPSA) is 0 Å². The molecule has 0 aliphatic heterocycles. The van der Waals surface area contributed by atoms with Crippen LogP contribution < -0.4 is 0 Å². The van der Waals surface area contributed by atoms with Crippen molar-refractivity contribution in [3.63, 3.8) is 0 Å². The normalized spacial score (nSPS) is 39.9. The maximum absolute atomic E-state index is 2.51. The number of hydrogen-bond acceptors (Lipinski definition) is 0. The third-order valence-corrected chi connectivity index (χ3v) is 7.10. The van der Waals surface area contributed by atoms with Crippen molar-refractivity contribution in [1.29, 1.82) is 0 Å². The van der Waals surface area contributed by atoms with Gasteiger partial charge in [-0.05, 0) is 42.4 Å². The third-order valence-electron chi connectivity index (χ3n) is 7.10. The highest BCUT2D eigenvalue weighted by Crippen LogP contribution is 2.40. The van der Waals surface area contributed by atoms with Gasteiger partial charge >= 0.3 is 0 Å². The molecule has 0 spiro atoms. The first-order valence-electron chi connectivity index (χ1n) is 10.2. The monoisotopic (exact) mass is 292 g/mol. The lowest BCUT2D eigenvalue weighted by atomic mass is 9.71. The Morgan fingerprint density at radius 1 is 0.619 bits per heavy atom. The Bertz CT molecular complexity index is 261. The van der Waals surface area contributed by atoms with Crippen LogP contribution in [0, 0.1) is 29.6 Å². The first-order valence-corrected chi connectivity index (χ1v) is 10.2. The Kier molecular flexibility index (Phi) is 7.61. The lowest BCUT2D eigenvalue weighted by molar-refractivity contribution is 0.167. The van der Waals surface area contributed by atoms with Gasteiger partial charge < -0.3 is 0 Å². The van der Waals surface area contributed by atoms with Crippen LogP contribution in [0.4, 0.5) is 0 Å². The van der Waals surface area contributed by atoms with Gasteiger partial charge in [-0.3, -0.25) is 0 Å². The van der Waals surface area contributed by atoms with Crippen LogP contribution in [0.2, 0.25) is 0 Å². The molecule has 2 aliphatic rings. The minimum absolute atomic E-state index is 0.978. The summed E-state index contributed by atoms with van der Waals surface area (Å²) in [5, 5.41) is 0. The molecule has 2 fully saturated rings. The molecule has 0 nitrogen and oxygen atoms in total. The predicted molar refractivity (Wildman–Crippen MR) is 94.5 cm³/mol. The van der Waals surface area contributed by atoms with Crippen LogP contribution in [0.15, 0.2) is 0 Å². The van der Waals surface area contributed by atoms with Crippen molar-refractivity contribution in [2.45, 2.75) is 104 Å². The van der Waals surface area contributed by atoms with Crippen LogP contribution in [0.3, 0.4) is 0 Å². The predicted octanol–water partition coefficient (Wildman–Crippen LogP) is 7.23. The van der Waals surface area contributed by atoms with Crippen molar-refractivity contribution in [2.24, 2.45) is 29.6 Å². The SMILES string of the molecule is CCC1CCC(C2CCCCC(C)C(CC)CCC2)CC1. The minimum Gasteiger partial charge on any atom is -0.0651 e. The Balaban J connectivity index is 1.83. The van der Waals surface area contributed by atoms with Gasteiger partial charge in [0.1, 0.15) is 0 Å². The van der Waals surface area contributed by atoms with Gasteiger partial charge in [0.05, 0.1) is 0 Å². The van der Waals surface area contributed by atoms with E-state index in [4.69, 9.17) is 0 Å². The van der Waals surface area contributed by atoms with E-state index in [-0.39, 0.29) is 0 Å². The number of rotatable bonds is 3. The van der Waals surface area contributed by atoms with Crippen LogP contribution in [0.1, 0.15) is 104 Å². The summed E-state index contributed by atoms with van der Waals surface area (Å²) in [4.78, 5) is 0. The highest BCUT2D eigenvalue weighted by Gasteiger charge is 2.27. The Hall–Kier alpha value is 0. The van der Waals surface area contributed by atoms with Gasteiger partial charge in [-0.15, -0.1) is 0 Å². The summed E-state index contributed by atoms with van der Waals surface area (Å²) in [5.41, 5.74) is 0. The van der Waals surface area contributed by atoms with Gasteiger partial charge in [0.25, 0.3) is 0 Å². The average Bonchev–Trinajstić information content (AvgIpc) is 2.53. The van der Waals surface area contributed by atoms with E-state index in [9.17, 15) is 0 Å². The van der Waals surface area contributed by atoms with Crippen molar-refractivity contribution >= 4 is 0 Å². The Labute approximate surface area is 134 Å². The van der Waals surface area contributed by atoms with Crippen molar-refractivity contribution in [3.05, 3.63) is 0 Å². The third kappa shape index (κ3) is 5.29. The van der Waals surface area contributed by atoms with E-state index >= 15 is 0 Å². The van der Waals surface area contributed by atoms with E-state index in [1.54, 1.807) is 25.7 Å². The van der Waals surface area contributed by atoms with E-state index in [2.05, 4.69) is 20.8 Å². The molecule has 124 valence electrons. The van der Waals surface area contributed by atoms with Crippen molar-refractivity contribution < 1.29 is 0 Å². The number of hydrogen-bond donors (Lipinski definition) is 0. The van der Waals surface area contributed by atoms with E-state index in [1.807, 2.05) is 0 Å². The molecule has 0 aromatic rings. The second kappa shape index (κ2) is 9.21. The summed E-state index contributed by atoms with van der Waals surface area (Å²) >= 11 is 0. The summed E-state index contributed by atoms with van der Waals surface area (Å²) in [6.07, 6.45) is 19.6. The van der Waals surface area contributed by atoms with Crippen molar-refractivity contribution in [1.82, 2.24) is 0 Å². The van der Waals surface area contributed by atoms with Gasteiger partial charge in [0, 0.05) is 0 Å². The highest BCUT2D eigenvalue weighted by atomic mass is 14.3. The van der Waals surface area contributed by atoms with Crippen LogP contribution in [-0.4, -0.2) is 0 Å². The van der Waals surface area contributed by atoms with Crippen LogP contribution in [-0.2, 0) is 0 Å². The molecule has 0 radical (unpaired) electrons. The molecule has 0 saturated heterocycles. The smallest absolute Gasteiger partial charge is 0.0386 e. The zero-order valence-corrected chi connectivity index (χ0v) is 15.1. The molecule has 2 rings (SSSR count). The van der Waals surface area contributed by atoms with Gasteiger partial charge in [-0.2, -0.15) is 0 Å². The van der Waals surface area contributed by atoms with Crippen molar-refractivity contribution in [3.8, 4) is 0 Å². The fourth-order valence-electron chi connectivity index (χ4n) is 5.33. The van der Waals surface area contributed by atoms with E-state index in [1.165, 1.54) is 57.8 Å². The van der Waals surface area contributed by atoms with Gasteiger partial charge in [-0.25, -0.2) is 0 Å². The molecule has 0 heteroatoms. The van der Waals surface area contributed by atoms with Crippen molar-refractivity contribution in [2.75, 3.05) is 0 Å². The first kappa shape index (κ1) is 17.4. The minimum atomic E-state index is 0.978. The lowest BCUT2D eigenvalue weighted by Gasteiger charge is -2.35. The summed E-state index contributed by atoms with van der Waals surface area (Å²) in [6.45, 7) is 7.32. The summed E-state index contributed by atoms with van der Waals surface area (Å²) in [7, 11) is 0. The first-order chi connectivity index (χ1) is 10.2. The van der Waals surface area contributed by atoms with Crippen LogP contribution in [0.25, 0.3) is 0 Å². The maximum Gasteiger partial charge on any atom is -0.0386 e. The molecule has 0 amide bonds. The summed E-state index contributed by atoms with van der Waals surface area (Å²) < 4.78 is 0. The summed E-state index contributed by atoms with van der Waals surface area (Å²) in [5.74, 6) is 5.22.